The number of hydrogen-bond acceptors (Lipinski definition) is 3. The number of benzene rings is 2. The highest BCUT2D eigenvalue weighted by Gasteiger charge is 2.21. The van der Waals surface area contributed by atoms with E-state index in [4.69, 9.17) is 0 Å². The Bertz CT molecular complexity index is 831. The zero-order chi connectivity index (χ0) is 19.2. The fraction of sp³-hybridized carbons (Fsp3) is 0.364. The van der Waals surface area contributed by atoms with Crippen molar-refractivity contribution in [3.05, 3.63) is 54.1 Å². The summed E-state index contributed by atoms with van der Waals surface area (Å²) in [5.41, 5.74) is 1.05. The molecule has 1 aliphatic rings. The molecule has 3 rings (SSSR count). The number of rotatable bonds is 5. The summed E-state index contributed by atoms with van der Waals surface area (Å²) < 4.78 is 0. The fourth-order valence-corrected chi connectivity index (χ4v) is 3.36. The number of amides is 2. The van der Waals surface area contributed by atoms with Crippen molar-refractivity contribution in [2.75, 3.05) is 32.7 Å². The van der Waals surface area contributed by atoms with Crippen molar-refractivity contribution in [3.8, 4) is 0 Å². The molecule has 1 aliphatic heterocycles. The van der Waals surface area contributed by atoms with E-state index in [0.717, 1.165) is 24.0 Å². The average Bonchev–Trinajstić information content (AvgIpc) is 2.66. The molecule has 0 atom stereocenters. The van der Waals surface area contributed by atoms with Gasteiger partial charge in [0.15, 0.2) is 0 Å². The van der Waals surface area contributed by atoms with Crippen LogP contribution in [0.3, 0.4) is 0 Å². The molecule has 1 heterocycles. The zero-order valence-corrected chi connectivity index (χ0v) is 16.0. The number of carbonyl (C=O) groups excluding carboxylic acids is 2. The predicted molar refractivity (Wildman–Crippen MR) is 109 cm³/mol. The number of piperazine rings is 1. The topological polar surface area (TPSA) is 52.7 Å². The lowest BCUT2D eigenvalue weighted by Gasteiger charge is -2.33. The minimum atomic E-state index is 0.0224. The summed E-state index contributed by atoms with van der Waals surface area (Å²) in [6.07, 6.45) is 3.55. The molecule has 27 heavy (non-hydrogen) atoms. The van der Waals surface area contributed by atoms with E-state index < -0.39 is 0 Å². The Morgan fingerprint density at radius 1 is 1.04 bits per heavy atom. The van der Waals surface area contributed by atoms with Crippen LogP contribution in [0.4, 0.5) is 0 Å². The number of carbonyl (C=O) groups is 2. The minimum absolute atomic E-state index is 0.0224. The standard InChI is InChI=1S/C22H27N3O2/c1-17(2)23-21(26)16-24-12-14-25(15-13-24)22(27)11-10-19-8-5-7-18-6-3-4-9-20(18)19/h3-11,17H,12-16H2,1-2H3,(H,23,26)/b11-10+. The van der Waals surface area contributed by atoms with E-state index in [1.165, 1.54) is 5.39 Å². The largest absolute Gasteiger partial charge is 0.353 e. The van der Waals surface area contributed by atoms with E-state index >= 15 is 0 Å². The monoisotopic (exact) mass is 365 g/mol. The molecule has 1 fully saturated rings. The van der Waals surface area contributed by atoms with Crippen molar-refractivity contribution >= 4 is 28.7 Å². The highest BCUT2D eigenvalue weighted by atomic mass is 16.2. The maximum absolute atomic E-state index is 12.5. The van der Waals surface area contributed by atoms with Crippen LogP contribution in [0.2, 0.25) is 0 Å². The van der Waals surface area contributed by atoms with Gasteiger partial charge >= 0.3 is 0 Å². The lowest BCUT2D eigenvalue weighted by atomic mass is 10.0. The molecule has 5 heteroatoms. The Morgan fingerprint density at radius 3 is 2.48 bits per heavy atom. The Kier molecular flexibility index (Phi) is 6.24. The fourth-order valence-electron chi connectivity index (χ4n) is 3.36. The summed E-state index contributed by atoms with van der Waals surface area (Å²) in [5, 5.41) is 5.22. The molecular weight excluding hydrogens is 338 g/mol. The maximum Gasteiger partial charge on any atom is 0.246 e. The van der Waals surface area contributed by atoms with Gasteiger partial charge in [0.1, 0.15) is 0 Å². The van der Waals surface area contributed by atoms with Crippen molar-refractivity contribution in [1.29, 1.82) is 0 Å². The van der Waals surface area contributed by atoms with E-state index in [-0.39, 0.29) is 17.9 Å². The first-order valence-electron chi connectivity index (χ1n) is 9.49. The van der Waals surface area contributed by atoms with Crippen LogP contribution < -0.4 is 5.32 Å². The van der Waals surface area contributed by atoms with Crippen LogP contribution in [0.1, 0.15) is 19.4 Å². The third-order valence-electron chi connectivity index (χ3n) is 4.73. The summed E-state index contributed by atoms with van der Waals surface area (Å²) in [6.45, 7) is 7.04. The second kappa shape index (κ2) is 8.82. The lowest BCUT2D eigenvalue weighted by molar-refractivity contribution is -0.128. The molecule has 2 aromatic carbocycles. The molecule has 1 N–H and O–H groups in total. The number of nitrogens with one attached hydrogen (secondary N) is 1. The lowest BCUT2D eigenvalue weighted by Crippen LogP contribution is -2.51. The number of nitrogens with zero attached hydrogens (tertiary/aromatic N) is 2. The van der Waals surface area contributed by atoms with Crippen molar-refractivity contribution in [2.45, 2.75) is 19.9 Å². The molecule has 5 nitrogen and oxygen atoms in total. The van der Waals surface area contributed by atoms with Gasteiger partial charge in [-0.05, 0) is 36.3 Å². The molecule has 1 saturated heterocycles. The first kappa shape index (κ1) is 19.1. The molecule has 0 aromatic heterocycles. The molecule has 0 radical (unpaired) electrons. The van der Waals surface area contributed by atoms with Gasteiger partial charge in [-0.3, -0.25) is 14.5 Å². The molecule has 142 valence electrons. The first-order valence-corrected chi connectivity index (χ1v) is 9.49. The Hall–Kier alpha value is -2.66. The van der Waals surface area contributed by atoms with E-state index in [2.05, 4.69) is 28.4 Å². The van der Waals surface area contributed by atoms with Crippen LogP contribution in [0, 0.1) is 0 Å². The quantitative estimate of drug-likeness (QED) is 0.829. The van der Waals surface area contributed by atoms with Crippen LogP contribution in [-0.4, -0.2) is 60.4 Å². The van der Waals surface area contributed by atoms with Crippen LogP contribution >= 0.6 is 0 Å². The highest BCUT2D eigenvalue weighted by Crippen LogP contribution is 2.19. The smallest absolute Gasteiger partial charge is 0.246 e. The van der Waals surface area contributed by atoms with Crippen molar-refractivity contribution in [3.63, 3.8) is 0 Å². The summed E-state index contributed by atoms with van der Waals surface area (Å²) in [5.74, 6) is 0.0647. The van der Waals surface area contributed by atoms with E-state index in [1.54, 1.807) is 6.08 Å². The van der Waals surface area contributed by atoms with Gasteiger partial charge in [-0.25, -0.2) is 0 Å². The maximum atomic E-state index is 12.5. The average molecular weight is 365 g/mol. The summed E-state index contributed by atoms with van der Waals surface area (Å²) in [6, 6.07) is 14.4. The van der Waals surface area contributed by atoms with Crippen molar-refractivity contribution < 1.29 is 9.59 Å². The van der Waals surface area contributed by atoms with Gasteiger partial charge in [0.05, 0.1) is 6.54 Å². The SMILES string of the molecule is CC(C)NC(=O)CN1CCN(C(=O)/C=C/c2cccc3ccccc23)CC1. The second-order valence-corrected chi connectivity index (χ2v) is 7.23. The molecular formula is C22H27N3O2. The third-order valence-corrected chi connectivity index (χ3v) is 4.73. The van der Waals surface area contributed by atoms with Crippen LogP contribution in [0.15, 0.2) is 48.5 Å². The zero-order valence-electron chi connectivity index (χ0n) is 16.0. The van der Waals surface area contributed by atoms with Crippen LogP contribution in [-0.2, 0) is 9.59 Å². The number of hydrogen-bond donors (Lipinski definition) is 1. The first-order chi connectivity index (χ1) is 13.0. The Labute approximate surface area is 160 Å². The van der Waals surface area contributed by atoms with Crippen LogP contribution in [0.5, 0.6) is 0 Å². The Balaban J connectivity index is 1.55. The van der Waals surface area contributed by atoms with Gasteiger partial charge in [0, 0.05) is 38.3 Å². The second-order valence-electron chi connectivity index (χ2n) is 7.23. The third kappa shape index (κ3) is 5.17. The molecule has 0 spiro atoms. The van der Waals surface area contributed by atoms with Gasteiger partial charge in [-0.1, -0.05) is 42.5 Å². The van der Waals surface area contributed by atoms with Gasteiger partial charge in [0.2, 0.25) is 11.8 Å². The summed E-state index contributed by atoms with van der Waals surface area (Å²) >= 11 is 0. The normalized spacial score (nSPS) is 15.6. The van der Waals surface area contributed by atoms with E-state index in [1.807, 2.05) is 49.1 Å². The molecule has 0 unspecified atom stereocenters. The highest BCUT2D eigenvalue weighted by molar-refractivity contribution is 5.96. The minimum Gasteiger partial charge on any atom is -0.353 e. The number of fused-ring (bicyclic) bond motifs is 1. The molecule has 0 saturated carbocycles. The van der Waals surface area contributed by atoms with Gasteiger partial charge < -0.3 is 10.2 Å². The Morgan fingerprint density at radius 2 is 1.74 bits per heavy atom. The van der Waals surface area contributed by atoms with Gasteiger partial charge in [0.25, 0.3) is 0 Å². The van der Waals surface area contributed by atoms with Crippen molar-refractivity contribution in [1.82, 2.24) is 15.1 Å². The van der Waals surface area contributed by atoms with Crippen LogP contribution in [0.25, 0.3) is 16.8 Å². The molecule has 2 amide bonds. The molecule has 2 aromatic rings. The van der Waals surface area contributed by atoms with E-state index in [9.17, 15) is 9.59 Å². The van der Waals surface area contributed by atoms with Crippen molar-refractivity contribution in [2.24, 2.45) is 0 Å². The predicted octanol–water partition coefficient (Wildman–Crippen LogP) is 2.52. The molecule has 0 aliphatic carbocycles. The van der Waals surface area contributed by atoms with Gasteiger partial charge in [-0.2, -0.15) is 0 Å². The summed E-state index contributed by atoms with van der Waals surface area (Å²) in [4.78, 5) is 28.3. The molecule has 0 bridgehead atoms. The summed E-state index contributed by atoms with van der Waals surface area (Å²) in [7, 11) is 0. The van der Waals surface area contributed by atoms with E-state index in [0.29, 0.717) is 19.6 Å². The van der Waals surface area contributed by atoms with Gasteiger partial charge in [-0.15, -0.1) is 0 Å².